The van der Waals surface area contributed by atoms with Crippen LogP contribution in [0.2, 0.25) is 0 Å². The molecule has 0 radical (unpaired) electrons. The molecule has 0 aromatic heterocycles. The van der Waals surface area contributed by atoms with E-state index in [9.17, 15) is 4.79 Å². The zero-order valence-electron chi connectivity index (χ0n) is 11.8. The van der Waals surface area contributed by atoms with Crippen LogP contribution in [0.15, 0.2) is 24.3 Å². The average molecular weight is 273 g/mol. The van der Waals surface area contributed by atoms with Crippen molar-refractivity contribution in [2.75, 3.05) is 0 Å². The Hall–Kier alpha value is -1.35. The number of nitrogens with one attached hydrogen (secondary N) is 1. The Morgan fingerprint density at radius 3 is 2.45 bits per heavy atom. The maximum absolute atomic E-state index is 10.9. The largest absolute Gasteiger partial charge is 0.481 e. The van der Waals surface area contributed by atoms with Crippen LogP contribution in [0, 0.1) is 5.92 Å². The van der Waals surface area contributed by atoms with Crippen molar-refractivity contribution in [2.24, 2.45) is 5.92 Å². The minimum atomic E-state index is -0.623. The van der Waals surface area contributed by atoms with Crippen molar-refractivity contribution in [2.45, 2.75) is 57.0 Å². The number of benzene rings is 1. The molecule has 2 saturated carbocycles. The SMILES string of the molecule is O=C(O)C1CCC(NCc2ccccc2C2CC2)CC1. The molecular formula is C17H23NO2. The molecule has 108 valence electrons. The van der Waals surface area contributed by atoms with Gasteiger partial charge in [-0.1, -0.05) is 24.3 Å². The van der Waals surface area contributed by atoms with Crippen LogP contribution in [-0.2, 0) is 11.3 Å². The van der Waals surface area contributed by atoms with Crippen LogP contribution in [0.5, 0.6) is 0 Å². The fourth-order valence-corrected chi connectivity index (χ4v) is 3.29. The molecule has 3 heteroatoms. The Morgan fingerprint density at radius 1 is 1.10 bits per heavy atom. The van der Waals surface area contributed by atoms with Gasteiger partial charge < -0.3 is 10.4 Å². The molecule has 3 rings (SSSR count). The van der Waals surface area contributed by atoms with Gasteiger partial charge in [0.1, 0.15) is 0 Å². The van der Waals surface area contributed by atoms with Crippen molar-refractivity contribution in [3.8, 4) is 0 Å². The maximum atomic E-state index is 10.9. The molecule has 0 spiro atoms. The highest BCUT2D eigenvalue weighted by Gasteiger charge is 2.27. The summed E-state index contributed by atoms with van der Waals surface area (Å²) in [5.41, 5.74) is 2.94. The number of hydrogen-bond donors (Lipinski definition) is 2. The van der Waals surface area contributed by atoms with E-state index in [-0.39, 0.29) is 5.92 Å². The van der Waals surface area contributed by atoms with Gasteiger partial charge in [-0.15, -0.1) is 0 Å². The predicted molar refractivity (Wildman–Crippen MR) is 78.6 cm³/mol. The standard InChI is InChI=1S/C17H23NO2/c19-17(20)13-7-9-15(10-8-13)18-11-14-3-1-2-4-16(14)12-5-6-12/h1-4,12-13,15,18H,5-11H2,(H,19,20). The molecule has 2 N–H and O–H groups in total. The molecule has 2 fully saturated rings. The Labute approximate surface area is 120 Å². The highest BCUT2D eigenvalue weighted by Crippen LogP contribution is 2.41. The molecule has 0 heterocycles. The summed E-state index contributed by atoms with van der Waals surface area (Å²) in [7, 11) is 0. The van der Waals surface area contributed by atoms with Crippen molar-refractivity contribution in [3.05, 3.63) is 35.4 Å². The summed E-state index contributed by atoms with van der Waals surface area (Å²) in [5.74, 6) is 0.0464. The Balaban J connectivity index is 1.52. The first-order chi connectivity index (χ1) is 9.74. The number of hydrogen-bond acceptors (Lipinski definition) is 2. The molecule has 0 amide bonds. The second-order valence-corrected chi connectivity index (χ2v) is 6.24. The van der Waals surface area contributed by atoms with Crippen molar-refractivity contribution >= 4 is 5.97 Å². The number of carboxylic acids is 1. The third-order valence-electron chi connectivity index (χ3n) is 4.73. The van der Waals surface area contributed by atoms with Crippen LogP contribution < -0.4 is 5.32 Å². The predicted octanol–water partition coefficient (Wildman–Crippen LogP) is 3.30. The van der Waals surface area contributed by atoms with Gasteiger partial charge in [-0.25, -0.2) is 0 Å². The first-order valence-electron chi connectivity index (χ1n) is 7.78. The number of rotatable bonds is 5. The van der Waals surface area contributed by atoms with Crippen molar-refractivity contribution < 1.29 is 9.90 Å². The van der Waals surface area contributed by atoms with Crippen LogP contribution in [0.1, 0.15) is 55.6 Å². The Morgan fingerprint density at radius 2 is 1.80 bits per heavy atom. The van der Waals surface area contributed by atoms with Gasteiger partial charge in [0, 0.05) is 12.6 Å². The van der Waals surface area contributed by atoms with Crippen molar-refractivity contribution in [3.63, 3.8) is 0 Å². The monoisotopic (exact) mass is 273 g/mol. The number of aliphatic carboxylic acids is 1. The lowest BCUT2D eigenvalue weighted by molar-refractivity contribution is -0.142. The molecule has 0 aliphatic heterocycles. The maximum Gasteiger partial charge on any atom is 0.306 e. The molecule has 0 atom stereocenters. The topological polar surface area (TPSA) is 49.3 Å². The Bertz CT molecular complexity index is 474. The normalized spacial score (nSPS) is 26.4. The lowest BCUT2D eigenvalue weighted by Gasteiger charge is -2.27. The summed E-state index contributed by atoms with van der Waals surface area (Å²) < 4.78 is 0. The molecule has 1 aromatic rings. The van der Waals surface area contributed by atoms with Crippen LogP contribution in [0.3, 0.4) is 0 Å². The van der Waals surface area contributed by atoms with E-state index in [1.165, 1.54) is 24.0 Å². The zero-order valence-corrected chi connectivity index (χ0v) is 11.8. The van der Waals surface area contributed by atoms with Gasteiger partial charge in [0.05, 0.1) is 5.92 Å². The summed E-state index contributed by atoms with van der Waals surface area (Å²) in [6, 6.07) is 9.22. The van der Waals surface area contributed by atoms with Gasteiger partial charge in [0.25, 0.3) is 0 Å². The fourth-order valence-electron chi connectivity index (χ4n) is 3.29. The Kier molecular flexibility index (Phi) is 4.06. The van der Waals surface area contributed by atoms with Crippen LogP contribution in [0.4, 0.5) is 0 Å². The molecular weight excluding hydrogens is 250 g/mol. The van der Waals surface area contributed by atoms with E-state index >= 15 is 0 Å². The van der Waals surface area contributed by atoms with E-state index in [0.717, 1.165) is 38.1 Å². The van der Waals surface area contributed by atoms with Crippen LogP contribution in [0.25, 0.3) is 0 Å². The van der Waals surface area contributed by atoms with Crippen molar-refractivity contribution in [1.82, 2.24) is 5.32 Å². The highest BCUT2D eigenvalue weighted by atomic mass is 16.4. The van der Waals surface area contributed by atoms with Crippen LogP contribution in [-0.4, -0.2) is 17.1 Å². The third-order valence-corrected chi connectivity index (χ3v) is 4.73. The molecule has 0 saturated heterocycles. The van der Waals surface area contributed by atoms with Gasteiger partial charge in [-0.2, -0.15) is 0 Å². The summed E-state index contributed by atoms with van der Waals surface area (Å²) in [4.78, 5) is 10.9. The lowest BCUT2D eigenvalue weighted by atomic mass is 9.86. The van der Waals surface area contributed by atoms with Gasteiger partial charge >= 0.3 is 5.97 Å². The van der Waals surface area contributed by atoms with E-state index in [1.54, 1.807) is 0 Å². The smallest absolute Gasteiger partial charge is 0.306 e. The minimum absolute atomic E-state index is 0.119. The third kappa shape index (κ3) is 3.21. The first-order valence-corrected chi connectivity index (χ1v) is 7.78. The highest BCUT2D eigenvalue weighted by molar-refractivity contribution is 5.70. The lowest BCUT2D eigenvalue weighted by Crippen LogP contribution is -2.34. The summed E-state index contributed by atoms with van der Waals surface area (Å²) in [6.45, 7) is 0.926. The second kappa shape index (κ2) is 5.96. The molecule has 0 unspecified atom stereocenters. The van der Waals surface area contributed by atoms with Gasteiger partial charge in [0.15, 0.2) is 0 Å². The zero-order chi connectivity index (χ0) is 13.9. The van der Waals surface area contributed by atoms with E-state index in [2.05, 4.69) is 29.6 Å². The number of carbonyl (C=O) groups is 1. The van der Waals surface area contributed by atoms with Gasteiger partial charge in [-0.3, -0.25) is 4.79 Å². The molecule has 0 bridgehead atoms. The van der Waals surface area contributed by atoms with E-state index < -0.39 is 5.97 Å². The summed E-state index contributed by atoms with van der Waals surface area (Å²) in [6.07, 6.45) is 6.28. The summed E-state index contributed by atoms with van der Waals surface area (Å²) in [5, 5.41) is 12.6. The molecule has 3 nitrogen and oxygen atoms in total. The molecule has 1 aromatic carbocycles. The average Bonchev–Trinajstić information content (AvgIpc) is 3.30. The summed E-state index contributed by atoms with van der Waals surface area (Å²) >= 11 is 0. The van der Waals surface area contributed by atoms with E-state index in [1.807, 2.05) is 0 Å². The minimum Gasteiger partial charge on any atom is -0.481 e. The number of carboxylic acid groups (broad SMARTS) is 1. The quantitative estimate of drug-likeness (QED) is 0.865. The fraction of sp³-hybridized carbons (Fsp3) is 0.588. The molecule has 2 aliphatic carbocycles. The van der Waals surface area contributed by atoms with Gasteiger partial charge in [0.2, 0.25) is 0 Å². The first kappa shape index (κ1) is 13.6. The molecule has 20 heavy (non-hydrogen) atoms. The van der Waals surface area contributed by atoms with E-state index in [0.29, 0.717) is 6.04 Å². The van der Waals surface area contributed by atoms with E-state index in [4.69, 9.17) is 5.11 Å². The van der Waals surface area contributed by atoms with Gasteiger partial charge in [-0.05, 0) is 55.6 Å². The van der Waals surface area contributed by atoms with Crippen LogP contribution >= 0.6 is 0 Å². The second-order valence-electron chi connectivity index (χ2n) is 6.24. The van der Waals surface area contributed by atoms with Crippen molar-refractivity contribution in [1.29, 1.82) is 0 Å². The molecule has 2 aliphatic rings.